The summed E-state index contributed by atoms with van der Waals surface area (Å²) in [5.74, 6) is -0.118. The van der Waals surface area contributed by atoms with Crippen LogP contribution in [0.1, 0.15) is 16.6 Å². The average molecular weight is 278 g/mol. The molecule has 5 nitrogen and oxygen atoms in total. The smallest absolute Gasteiger partial charge is 0.263 e. The van der Waals surface area contributed by atoms with Crippen molar-refractivity contribution in [2.75, 3.05) is 26.4 Å². The summed E-state index contributed by atoms with van der Waals surface area (Å²) in [7, 11) is 3.96. The highest BCUT2D eigenvalue weighted by Crippen LogP contribution is 2.32. The lowest BCUT2D eigenvalue weighted by Crippen LogP contribution is -2.38. The van der Waals surface area contributed by atoms with Crippen LogP contribution in [0, 0.1) is 0 Å². The number of amides is 1. The minimum absolute atomic E-state index is 0.118. The van der Waals surface area contributed by atoms with E-state index < -0.39 is 0 Å². The average Bonchev–Trinajstić information content (AvgIpc) is 2.73. The van der Waals surface area contributed by atoms with Crippen molar-refractivity contribution in [3.05, 3.63) is 23.3 Å². The minimum Gasteiger partial charge on any atom is -0.397 e. The van der Waals surface area contributed by atoms with Crippen LogP contribution >= 0.6 is 11.3 Å². The molecule has 0 radical (unpaired) electrons. The number of anilines is 1. The molecule has 0 bridgehead atoms. The van der Waals surface area contributed by atoms with E-state index >= 15 is 0 Å². The van der Waals surface area contributed by atoms with Crippen molar-refractivity contribution in [1.29, 1.82) is 0 Å². The van der Waals surface area contributed by atoms with Crippen molar-refractivity contribution in [3.8, 4) is 0 Å². The molecule has 0 aliphatic rings. The normalized spacial score (nSPS) is 12.8. The minimum atomic E-state index is -0.118. The molecule has 1 amide bonds. The molecular formula is C13H18N4OS. The molecule has 102 valence electrons. The van der Waals surface area contributed by atoms with Crippen LogP contribution in [0.5, 0.6) is 0 Å². The molecule has 0 aliphatic carbocycles. The number of thiophene rings is 1. The fourth-order valence-corrected chi connectivity index (χ4v) is 2.65. The summed E-state index contributed by atoms with van der Waals surface area (Å²) < 4.78 is 0.936. The lowest BCUT2D eigenvalue weighted by molar-refractivity contribution is 0.0948. The van der Waals surface area contributed by atoms with E-state index in [1.807, 2.05) is 20.2 Å². The van der Waals surface area contributed by atoms with Crippen molar-refractivity contribution >= 4 is 33.0 Å². The predicted octanol–water partition coefficient (Wildman–Crippen LogP) is 1.56. The highest BCUT2D eigenvalue weighted by atomic mass is 32.1. The standard InChI is InChI=1S/C13H18N4OS/c1-8(17(2)3)6-16-13(18)12-11(14)9-4-5-15-7-10(9)19-12/h4-5,7-8H,6,14H2,1-3H3,(H,16,18). The molecule has 1 atom stereocenters. The van der Waals surface area contributed by atoms with E-state index in [0.717, 1.165) is 10.1 Å². The number of aromatic nitrogens is 1. The SMILES string of the molecule is CC(CNC(=O)c1sc2cnccc2c1N)N(C)C. The topological polar surface area (TPSA) is 71.2 Å². The maximum absolute atomic E-state index is 12.1. The first-order valence-corrected chi connectivity index (χ1v) is 6.89. The highest BCUT2D eigenvalue weighted by molar-refractivity contribution is 7.21. The summed E-state index contributed by atoms with van der Waals surface area (Å²) in [6.45, 7) is 2.65. The van der Waals surface area contributed by atoms with Crippen LogP contribution < -0.4 is 11.1 Å². The number of nitrogens with zero attached hydrogens (tertiary/aromatic N) is 2. The number of nitrogens with two attached hydrogens (primary N) is 1. The van der Waals surface area contributed by atoms with Crippen molar-refractivity contribution < 1.29 is 4.79 Å². The second-order valence-electron chi connectivity index (χ2n) is 4.74. The van der Waals surface area contributed by atoms with Gasteiger partial charge >= 0.3 is 0 Å². The van der Waals surface area contributed by atoms with Gasteiger partial charge in [0, 0.05) is 30.4 Å². The summed E-state index contributed by atoms with van der Waals surface area (Å²) in [5.41, 5.74) is 6.56. The molecule has 2 rings (SSSR count). The lowest BCUT2D eigenvalue weighted by atomic mass is 10.2. The molecule has 1 unspecified atom stereocenters. The second-order valence-corrected chi connectivity index (χ2v) is 5.79. The number of hydrogen-bond donors (Lipinski definition) is 2. The Bertz CT molecular complexity index is 593. The molecule has 3 N–H and O–H groups in total. The number of carbonyl (C=O) groups is 1. The van der Waals surface area contributed by atoms with Gasteiger partial charge in [0.2, 0.25) is 0 Å². The third-order valence-electron chi connectivity index (χ3n) is 3.18. The first kappa shape index (κ1) is 13.8. The Morgan fingerprint density at radius 2 is 2.32 bits per heavy atom. The number of carbonyl (C=O) groups excluding carboxylic acids is 1. The largest absolute Gasteiger partial charge is 0.397 e. The van der Waals surface area contributed by atoms with Gasteiger partial charge in [-0.1, -0.05) is 0 Å². The molecule has 19 heavy (non-hydrogen) atoms. The third-order valence-corrected chi connectivity index (χ3v) is 4.33. The molecule has 2 heterocycles. The molecule has 2 aromatic rings. The molecule has 0 saturated carbocycles. The van der Waals surface area contributed by atoms with Gasteiger partial charge in [-0.05, 0) is 27.1 Å². The Morgan fingerprint density at radius 1 is 1.58 bits per heavy atom. The van der Waals surface area contributed by atoms with Gasteiger partial charge in [-0.15, -0.1) is 11.3 Å². The van der Waals surface area contributed by atoms with E-state index in [-0.39, 0.29) is 11.9 Å². The van der Waals surface area contributed by atoms with Gasteiger partial charge in [-0.3, -0.25) is 9.78 Å². The number of likely N-dealkylation sites (N-methyl/N-ethyl adjacent to an activating group) is 1. The van der Waals surface area contributed by atoms with Gasteiger partial charge in [0.05, 0.1) is 10.4 Å². The summed E-state index contributed by atoms with van der Waals surface area (Å²) in [6.07, 6.45) is 3.41. The molecular weight excluding hydrogens is 260 g/mol. The van der Waals surface area contributed by atoms with E-state index in [1.165, 1.54) is 11.3 Å². The molecule has 0 saturated heterocycles. The van der Waals surface area contributed by atoms with E-state index in [2.05, 4.69) is 22.1 Å². The maximum Gasteiger partial charge on any atom is 0.263 e. The lowest BCUT2D eigenvalue weighted by Gasteiger charge is -2.19. The quantitative estimate of drug-likeness (QED) is 0.890. The van der Waals surface area contributed by atoms with Gasteiger partial charge in [0.1, 0.15) is 4.88 Å². The van der Waals surface area contributed by atoms with Crippen LogP contribution in [0.2, 0.25) is 0 Å². The third kappa shape index (κ3) is 2.85. The van der Waals surface area contributed by atoms with Crippen molar-refractivity contribution in [1.82, 2.24) is 15.2 Å². The Hall–Kier alpha value is -1.66. The van der Waals surface area contributed by atoms with E-state index in [9.17, 15) is 4.79 Å². The summed E-state index contributed by atoms with van der Waals surface area (Å²) >= 11 is 1.38. The Balaban J connectivity index is 2.16. The summed E-state index contributed by atoms with van der Waals surface area (Å²) in [4.78, 5) is 18.8. The maximum atomic E-state index is 12.1. The van der Waals surface area contributed by atoms with Crippen LogP contribution in [-0.4, -0.2) is 42.5 Å². The number of hydrogen-bond acceptors (Lipinski definition) is 5. The van der Waals surface area contributed by atoms with Gasteiger partial charge in [-0.25, -0.2) is 0 Å². The molecule has 0 aromatic carbocycles. The fourth-order valence-electron chi connectivity index (χ4n) is 1.64. The zero-order valence-corrected chi connectivity index (χ0v) is 12.1. The van der Waals surface area contributed by atoms with Gasteiger partial charge in [-0.2, -0.15) is 0 Å². The zero-order valence-electron chi connectivity index (χ0n) is 11.3. The number of rotatable bonds is 4. The predicted molar refractivity (Wildman–Crippen MR) is 79.5 cm³/mol. The van der Waals surface area contributed by atoms with Crippen LogP contribution in [-0.2, 0) is 0 Å². The van der Waals surface area contributed by atoms with Gasteiger partial charge in [0.25, 0.3) is 5.91 Å². The van der Waals surface area contributed by atoms with Crippen molar-refractivity contribution in [2.24, 2.45) is 0 Å². The monoisotopic (exact) mass is 278 g/mol. The number of nitrogens with one attached hydrogen (secondary N) is 1. The van der Waals surface area contributed by atoms with E-state index in [4.69, 9.17) is 5.73 Å². The first-order chi connectivity index (χ1) is 9.00. The van der Waals surface area contributed by atoms with Gasteiger partial charge in [0.15, 0.2) is 0 Å². The number of pyridine rings is 1. The zero-order chi connectivity index (χ0) is 14.0. The van der Waals surface area contributed by atoms with Gasteiger partial charge < -0.3 is 16.0 Å². The number of nitrogen functional groups attached to an aromatic ring is 1. The molecule has 0 spiro atoms. The molecule has 0 fully saturated rings. The highest BCUT2D eigenvalue weighted by Gasteiger charge is 2.17. The van der Waals surface area contributed by atoms with Crippen molar-refractivity contribution in [2.45, 2.75) is 13.0 Å². The van der Waals surface area contributed by atoms with Crippen LogP contribution in [0.15, 0.2) is 18.5 Å². The molecule has 0 aliphatic heterocycles. The second kappa shape index (κ2) is 5.54. The molecule has 6 heteroatoms. The number of fused-ring (bicyclic) bond motifs is 1. The van der Waals surface area contributed by atoms with Crippen LogP contribution in [0.3, 0.4) is 0 Å². The molecule has 2 aromatic heterocycles. The van der Waals surface area contributed by atoms with Crippen LogP contribution in [0.25, 0.3) is 10.1 Å². The van der Waals surface area contributed by atoms with E-state index in [1.54, 1.807) is 12.4 Å². The first-order valence-electron chi connectivity index (χ1n) is 6.07. The van der Waals surface area contributed by atoms with Crippen LogP contribution in [0.4, 0.5) is 5.69 Å². The Labute approximate surface area is 116 Å². The Kier molecular flexibility index (Phi) is 4.01. The fraction of sp³-hybridized carbons (Fsp3) is 0.385. The summed E-state index contributed by atoms with van der Waals surface area (Å²) in [5, 5.41) is 3.81. The summed E-state index contributed by atoms with van der Waals surface area (Å²) in [6, 6.07) is 2.11. The Morgan fingerprint density at radius 3 is 2.95 bits per heavy atom. The van der Waals surface area contributed by atoms with E-state index in [0.29, 0.717) is 17.1 Å². The van der Waals surface area contributed by atoms with Crippen molar-refractivity contribution in [3.63, 3.8) is 0 Å².